The largest absolute Gasteiger partial charge is 0.384 e. The Hall–Kier alpha value is -2.58. The first-order chi connectivity index (χ1) is 10.2. The number of rotatable bonds is 4. The SMILES string of the molecule is Cc1ccc(C#CCO)c(C(=O)NCCn2cccn2)c1. The van der Waals surface area contributed by atoms with Gasteiger partial charge in [0.15, 0.2) is 0 Å². The predicted molar refractivity (Wildman–Crippen MR) is 79.7 cm³/mol. The van der Waals surface area contributed by atoms with E-state index in [4.69, 9.17) is 5.11 Å². The Balaban J connectivity index is 2.05. The number of nitrogens with zero attached hydrogens (tertiary/aromatic N) is 2. The van der Waals surface area contributed by atoms with E-state index in [2.05, 4.69) is 22.3 Å². The third kappa shape index (κ3) is 4.20. The van der Waals surface area contributed by atoms with Crippen molar-refractivity contribution < 1.29 is 9.90 Å². The molecule has 0 bridgehead atoms. The lowest BCUT2D eigenvalue weighted by atomic mass is 10.0. The first-order valence-corrected chi connectivity index (χ1v) is 6.66. The van der Waals surface area contributed by atoms with Gasteiger partial charge in [0.2, 0.25) is 0 Å². The van der Waals surface area contributed by atoms with Crippen molar-refractivity contribution in [2.24, 2.45) is 0 Å². The third-order valence-electron chi connectivity index (χ3n) is 2.91. The van der Waals surface area contributed by atoms with E-state index in [9.17, 15) is 4.79 Å². The molecule has 0 aliphatic rings. The van der Waals surface area contributed by atoms with Crippen LogP contribution in [0.15, 0.2) is 36.7 Å². The Labute approximate surface area is 123 Å². The molecule has 0 radical (unpaired) electrons. The van der Waals surface area contributed by atoms with Gasteiger partial charge in [0.05, 0.1) is 12.1 Å². The van der Waals surface area contributed by atoms with Crippen molar-refractivity contribution in [1.82, 2.24) is 15.1 Å². The molecule has 0 saturated heterocycles. The summed E-state index contributed by atoms with van der Waals surface area (Å²) < 4.78 is 1.75. The van der Waals surface area contributed by atoms with Crippen LogP contribution in [0.5, 0.6) is 0 Å². The van der Waals surface area contributed by atoms with Gasteiger partial charge in [0.25, 0.3) is 5.91 Å². The smallest absolute Gasteiger partial charge is 0.252 e. The lowest BCUT2D eigenvalue weighted by Crippen LogP contribution is -2.28. The van der Waals surface area contributed by atoms with Crippen molar-refractivity contribution in [1.29, 1.82) is 0 Å². The fourth-order valence-corrected chi connectivity index (χ4v) is 1.90. The highest BCUT2D eigenvalue weighted by Gasteiger charge is 2.10. The lowest BCUT2D eigenvalue weighted by molar-refractivity contribution is 0.0951. The van der Waals surface area contributed by atoms with E-state index < -0.39 is 0 Å². The molecule has 0 saturated carbocycles. The van der Waals surface area contributed by atoms with E-state index in [1.165, 1.54) is 0 Å². The van der Waals surface area contributed by atoms with Crippen LogP contribution in [0.3, 0.4) is 0 Å². The average molecular weight is 283 g/mol. The normalized spacial score (nSPS) is 9.81. The average Bonchev–Trinajstić information content (AvgIpc) is 2.99. The molecule has 21 heavy (non-hydrogen) atoms. The van der Waals surface area contributed by atoms with Gasteiger partial charge in [-0.15, -0.1) is 0 Å². The van der Waals surface area contributed by atoms with Gasteiger partial charge < -0.3 is 10.4 Å². The molecule has 1 aromatic heterocycles. The molecule has 0 atom stereocenters. The van der Waals surface area contributed by atoms with E-state index in [0.717, 1.165) is 5.56 Å². The van der Waals surface area contributed by atoms with Crippen LogP contribution < -0.4 is 5.32 Å². The van der Waals surface area contributed by atoms with Crippen LogP contribution in [-0.4, -0.2) is 33.9 Å². The zero-order chi connectivity index (χ0) is 15.1. The molecule has 108 valence electrons. The van der Waals surface area contributed by atoms with Crippen molar-refractivity contribution >= 4 is 5.91 Å². The van der Waals surface area contributed by atoms with E-state index in [1.807, 2.05) is 25.3 Å². The van der Waals surface area contributed by atoms with Crippen molar-refractivity contribution in [3.05, 3.63) is 53.3 Å². The van der Waals surface area contributed by atoms with Crippen LogP contribution in [0.1, 0.15) is 21.5 Å². The van der Waals surface area contributed by atoms with E-state index in [0.29, 0.717) is 24.2 Å². The highest BCUT2D eigenvalue weighted by molar-refractivity contribution is 5.96. The van der Waals surface area contributed by atoms with E-state index in [1.54, 1.807) is 23.0 Å². The number of benzene rings is 1. The van der Waals surface area contributed by atoms with Crippen molar-refractivity contribution in [2.75, 3.05) is 13.2 Å². The van der Waals surface area contributed by atoms with Crippen LogP contribution in [0, 0.1) is 18.8 Å². The zero-order valence-electron chi connectivity index (χ0n) is 11.8. The fourth-order valence-electron chi connectivity index (χ4n) is 1.90. The van der Waals surface area contributed by atoms with E-state index in [-0.39, 0.29) is 12.5 Å². The minimum absolute atomic E-state index is 0.173. The van der Waals surface area contributed by atoms with Crippen LogP contribution in [-0.2, 0) is 6.54 Å². The molecule has 1 amide bonds. The summed E-state index contributed by atoms with van der Waals surface area (Å²) in [6, 6.07) is 7.32. The third-order valence-corrected chi connectivity index (χ3v) is 2.91. The first-order valence-electron chi connectivity index (χ1n) is 6.66. The quantitative estimate of drug-likeness (QED) is 0.822. The summed E-state index contributed by atoms with van der Waals surface area (Å²) in [5, 5.41) is 15.7. The first kappa shape index (κ1) is 14.8. The van der Waals surface area contributed by atoms with Gasteiger partial charge in [0.1, 0.15) is 6.61 Å². The number of aromatic nitrogens is 2. The summed E-state index contributed by atoms with van der Waals surface area (Å²) in [6.07, 6.45) is 3.54. The van der Waals surface area contributed by atoms with Crippen LogP contribution in [0.4, 0.5) is 0 Å². The van der Waals surface area contributed by atoms with Crippen LogP contribution >= 0.6 is 0 Å². The van der Waals surface area contributed by atoms with Crippen molar-refractivity contribution in [3.63, 3.8) is 0 Å². The molecule has 0 aliphatic heterocycles. The number of carbonyl (C=O) groups excluding carboxylic acids is 1. The van der Waals surface area contributed by atoms with Gasteiger partial charge in [-0.25, -0.2) is 0 Å². The molecule has 1 heterocycles. The molecule has 0 spiro atoms. The second kappa shape index (κ2) is 7.27. The highest BCUT2D eigenvalue weighted by Crippen LogP contribution is 2.10. The van der Waals surface area contributed by atoms with Crippen molar-refractivity contribution in [2.45, 2.75) is 13.5 Å². The minimum Gasteiger partial charge on any atom is -0.384 e. The molecule has 0 unspecified atom stereocenters. The molecule has 5 heteroatoms. The maximum atomic E-state index is 12.2. The summed E-state index contributed by atoms with van der Waals surface area (Å²) in [7, 11) is 0. The monoisotopic (exact) mass is 283 g/mol. The molecular formula is C16H17N3O2. The number of amides is 1. The molecule has 2 rings (SSSR count). The maximum absolute atomic E-state index is 12.2. The number of nitrogens with one attached hydrogen (secondary N) is 1. The van der Waals surface area contributed by atoms with Gasteiger partial charge in [-0.1, -0.05) is 23.5 Å². The van der Waals surface area contributed by atoms with E-state index >= 15 is 0 Å². The zero-order valence-corrected chi connectivity index (χ0v) is 11.8. The summed E-state index contributed by atoms with van der Waals surface area (Å²) >= 11 is 0. The summed E-state index contributed by atoms with van der Waals surface area (Å²) in [5.74, 6) is 5.19. The molecule has 2 aromatic rings. The Bertz CT molecular complexity index is 667. The topological polar surface area (TPSA) is 67.2 Å². The molecule has 0 fully saturated rings. The second-order valence-corrected chi connectivity index (χ2v) is 4.53. The summed E-state index contributed by atoms with van der Waals surface area (Å²) in [5.41, 5.74) is 2.13. The van der Waals surface area contributed by atoms with Gasteiger partial charge in [0, 0.05) is 24.5 Å². The minimum atomic E-state index is -0.228. The van der Waals surface area contributed by atoms with Crippen LogP contribution in [0.2, 0.25) is 0 Å². The Morgan fingerprint density at radius 3 is 3.05 bits per heavy atom. The van der Waals surface area contributed by atoms with Gasteiger partial charge >= 0.3 is 0 Å². The second-order valence-electron chi connectivity index (χ2n) is 4.53. The summed E-state index contributed by atoms with van der Waals surface area (Å²) in [4.78, 5) is 12.2. The van der Waals surface area contributed by atoms with Gasteiger partial charge in [-0.05, 0) is 25.1 Å². The van der Waals surface area contributed by atoms with Gasteiger partial charge in [-0.2, -0.15) is 5.10 Å². The lowest BCUT2D eigenvalue weighted by Gasteiger charge is -2.08. The number of carbonyl (C=O) groups is 1. The molecule has 5 nitrogen and oxygen atoms in total. The van der Waals surface area contributed by atoms with Gasteiger partial charge in [-0.3, -0.25) is 9.48 Å². The predicted octanol–water partition coefficient (Wildman–Crippen LogP) is 0.965. The number of aryl methyl sites for hydroxylation is 1. The molecule has 0 aliphatic carbocycles. The number of hydrogen-bond donors (Lipinski definition) is 2. The Kier molecular flexibility index (Phi) is 5.13. The Morgan fingerprint density at radius 1 is 1.48 bits per heavy atom. The standard InChI is InChI=1S/C16H17N3O2/c1-13-5-6-14(4-2-11-20)15(12-13)16(21)17-8-10-19-9-3-7-18-19/h3,5-7,9,12,20H,8,10-11H2,1H3,(H,17,21). The van der Waals surface area contributed by atoms with Crippen LogP contribution in [0.25, 0.3) is 0 Å². The fraction of sp³-hybridized carbons (Fsp3) is 0.250. The maximum Gasteiger partial charge on any atom is 0.252 e. The molecule has 2 N–H and O–H groups in total. The summed E-state index contributed by atoms with van der Waals surface area (Å²) in [6.45, 7) is 2.79. The number of aliphatic hydroxyl groups excluding tert-OH is 1. The number of hydrogen-bond acceptors (Lipinski definition) is 3. The highest BCUT2D eigenvalue weighted by atomic mass is 16.2. The molecule has 1 aromatic carbocycles. The molecular weight excluding hydrogens is 266 g/mol. The number of aliphatic hydroxyl groups is 1. The Morgan fingerprint density at radius 2 is 2.33 bits per heavy atom. The van der Waals surface area contributed by atoms with Crippen molar-refractivity contribution in [3.8, 4) is 11.8 Å².